The first kappa shape index (κ1) is 18.9. The first-order valence-corrected chi connectivity index (χ1v) is 5.31. The fourth-order valence-corrected chi connectivity index (χ4v) is 0. The molecule has 3 nitrogen and oxygen atoms in total. The minimum atomic E-state index is 1.99. The number of nitrogens with zero attached hydrogens (tertiary/aromatic N) is 3. The van der Waals surface area contributed by atoms with Gasteiger partial charge in [0.1, 0.15) is 0 Å². The molecule has 0 heterocycles. The summed E-state index contributed by atoms with van der Waals surface area (Å²) < 4.78 is 9.69. The van der Waals surface area contributed by atoms with Gasteiger partial charge in [0.15, 0.2) is 0 Å². The second-order valence-corrected chi connectivity index (χ2v) is 2.22. The Morgan fingerprint density at radius 3 is 0.750 bits per heavy atom. The second-order valence-electron chi connectivity index (χ2n) is 0.511. The van der Waals surface area contributed by atoms with Crippen LogP contribution in [0.5, 0.6) is 0 Å². The van der Waals surface area contributed by atoms with Crippen LogP contribution in [0.15, 0.2) is 11.2 Å². The predicted octanol–water partition coefficient (Wildman–Crippen LogP) is 1.65. The van der Waals surface area contributed by atoms with Crippen molar-refractivity contribution in [3.05, 3.63) is 0 Å². The third-order valence-electron chi connectivity index (χ3n) is 0.0968. The van der Waals surface area contributed by atoms with Crippen LogP contribution in [0, 0.1) is 0 Å². The van der Waals surface area contributed by atoms with Gasteiger partial charge >= 0.3 is 119 Å². The number of isothiocyanates is 3. The molecular formula is C3N3Ru3S3. The number of hydrogen-bond acceptors (Lipinski definition) is 6. The zero-order valence-corrected chi connectivity index (χ0v) is 12.8. The van der Waals surface area contributed by atoms with Crippen LogP contribution >= 0.6 is 36.7 Å². The average molecular weight is 477 g/mol. The van der Waals surface area contributed by atoms with Gasteiger partial charge in [-0.3, -0.25) is 0 Å². The Morgan fingerprint density at radius 1 is 0.667 bits per heavy atom. The van der Waals surface area contributed by atoms with Crippen molar-refractivity contribution in [1.29, 1.82) is 0 Å². The summed E-state index contributed by atoms with van der Waals surface area (Å²) in [6, 6.07) is 0. The Morgan fingerprint density at radius 2 is 0.750 bits per heavy atom. The third-order valence-corrected chi connectivity index (χ3v) is 1.72. The fourth-order valence-electron chi connectivity index (χ4n) is 0. The Kier molecular flexibility index (Phi) is 46.5. The first-order valence-electron chi connectivity index (χ1n) is 1.76. The Labute approximate surface area is 117 Å². The van der Waals surface area contributed by atoms with Gasteiger partial charge in [-0.25, -0.2) is 0 Å². The molecule has 0 aromatic carbocycles. The van der Waals surface area contributed by atoms with E-state index in [1.807, 2.05) is 55.6 Å². The summed E-state index contributed by atoms with van der Waals surface area (Å²) in [5, 5.41) is 6.32. The molecule has 0 aromatic rings. The third kappa shape index (κ3) is 65.2. The van der Waals surface area contributed by atoms with Gasteiger partial charge in [-0.15, -0.1) is 0 Å². The molecule has 0 atom stereocenters. The van der Waals surface area contributed by atoms with Crippen LogP contribution in [0.1, 0.15) is 0 Å². The summed E-state index contributed by atoms with van der Waals surface area (Å²) in [6.07, 6.45) is 0. The Balaban J connectivity index is -0.000000101. The second kappa shape index (κ2) is 29.5. The average Bonchev–Trinajstić information content (AvgIpc) is 2.18. The summed E-state index contributed by atoms with van der Waals surface area (Å²) in [5.74, 6) is 0. The monoisotopic (exact) mass is 480 g/mol. The van der Waals surface area contributed by atoms with Gasteiger partial charge < -0.3 is 0 Å². The summed E-state index contributed by atoms with van der Waals surface area (Å²) in [6.45, 7) is 0. The van der Waals surface area contributed by atoms with E-state index in [0.29, 0.717) is 0 Å². The maximum atomic E-state index is 4.12. The first-order chi connectivity index (χ1) is 5.74. The van der Waals surface area contributed by atoms with E-state index in [4.69, 9.17) is 0 Å². The molecule has 0 rings (SSSR count). The topological polar surface area (TPSA) is 37.1 Å². The van der Waals surface area contributed by atoms with E-state index in [1.165, 1.54) is 0 Å². The van der Waals surface area contributed by atoms with E-state index in [1.54, 1.807) is 0 Å². The van der Waals surface area contributed by atoms with Crippen LogP contribution in [0.4, 0.5) is 0 Å². The van der Waals surface area contributed by atoms with Gasteiger partial charge in [-0.05, 0) is 0 Å². The zero-order chi connectivity index (χ0) is 10.2. The van der Waals surface area contributed by atoms with Gasteiger partial charge in [-0.2, -0.15) is 0 Å². The molecule has 0 radical (unpaired) electrons. The molecule has 0 saturated heterocycles. The van der Waals surface area contributed by atoms with Crippen molar-refractivity contribution in [2.75, 3.05) is 0 Å². The van der Waals surface area contributed by atoms with E-state index >= 15 is 0 Å². The van der Waals surface area contributed by atoms with Crippen LogP contribution in [0.3, 0.4) is 0 Å². The summed E-state index contributed by atoms with van der Waals surface area (Å²) in [7, 11) is 0. The normalized spacial score (nSPS) is 4.25. The summed E-state index contributed by atoms with van der Waals surface area (Å²) in [5.41, 5.74) is 0. The van der Waals surface area contributed by atoms with Crippen LogP contribution < -0.4 is 0 Å². The van der Waals surface area contributed by atoms with Crippen molar-refractivity contribution >= 4 is 52.1 Å². The van der Waals surface area contributed by atoms with E-state index in [0.717, 1.165) is 0 Å². The molecule has 0 spiro atoms. The summed E-state index contributed by atoms with van der Waals surface area (Å²) >= 11 is 18.3. The summed E-state index contributed by atoms with van der Waals surface area (Å²) in [4.78, 5) is 0. The van der Waals surface area contributed by atoms with Crippen molar-refractivity contribution in [2.45, 2.75) is 0 Å². The maximum absolute atomic E-state index is 4.12. The number of rotatable bonds is 0. The van der Waals surface area contributed by atoms with Crippen molar-refractivity contribution < 1.29 is 55.6 Å². The number of thiocarbonyl (C=S) groups is 3. The van der Waals surface area contributed by atoms with Gasteiger partial charge in [0.2, 0.25) is 0 Å². The van der Waals surface area contributed by atoms with E-state index in [-0.39, 0.29) is 0 Å². The van der Waals surface area contributed by atoms with Crippen molar-refractivity contribution in [1.82, 2.24) is 0 Å². The molecule has 0 unspecified atom stereocenters. The van der Waals surface area contributed by atoms with Crippen molar-refractivity contribution in [3.63, 3.8) is 0 Å². The Hall–Kier alpha value is 1.27. The van der Waals surface area contributed by atoms with Crippen molar-refractivity contribution in [3.8, 4) is 0 Å². The fraction of sp³-hybridized carbons (Fsp3) is 0. The molecule has 0 amide bonds. The molecule has 69 valence electrons. The molecule has 0 aliphatic heterocycles. The molecule has 0 saturated carbocycles. The standard InChI is InChI=1S/3CNS.3Ru/c3*2-1-3;;;/q3*-1;3*+1. The molecule has 0 fully saturated rings. The molecule has 0 aromatic heterocycles. The SMILES string of the molecule is S=C=[N][Ru].S=C=[N][Ru].S=C=[N][Ru]. The molecule has 0 bridgehead atoms. The molecule has 0 aliphatic carbocycles. The predicted molar refractivity (Wildman–Crippen MR) is 45.1 cm³/mol. The van der Waals surface area contributed by atoms with Gasteiger partial charge in [0, 0.05) is 0 Å². The molecule has 12 heavy (non-hydrogen) atoms. The van der Waals surface area contributed by atoms with E-state index < -0.39 is 0 Å². The molecule has 9 heteroatoms. The van der Waals surface area contributed by atoms with Crippen LogP contribution in [0.25, 0.3) is 0 Å². The van der Waals surface area contributed by atoms with E-state index in [9.17, 15) is 0 Å². The van der Waals surface area contributed by atoms with Gasteiger partial charge in [0.05, 0.1) is 0 Å². The van der Waals surface area contributed by atoms with Crippen LogP contribution in [-0.2, 0) is 55.6 Å². The van der Waals surface area contributed by atoms with Gasteiger partial charge in [0.25, 0.3) is 0 Å². The quantitative estimate of drug-likeness (QED) is 0.303. The molecule has 0 N–H and O–H groups in total. The van der Waals surface area contributed by atoms with Crippen LogP contribution in [-0.4, -0.2) is 15.5 Å². The number of hydrogen-bond donors (Lipinski definition) is 0. The Bertz CT molecular complexity index is 176. The zero-order valence-electron chi connectivity index (χ0n) is 5.13. The molecular weight excluding hydrogens is 477 g/mol. The van der Waals surface area contributed by atoms with Crippen molar-refractivity contribution in [2.24, 2.45) is 11.2 Å². The van der Waals surface area contributed by atoms with Crippen LogP contribution in [0.2, 0.25) is 0 Å². The molecule has 0 aliphatic rings. The van der Waals surface area contributed by atoms with E-state index in [2.05, 4.69) is 63.3 Å². The van der Waals surface area contributed by atoms with Gasteiger partial charge in [-0.1, -0.05) is 0 Å². The minimum absolute atomic E-state index is 1.99.